The van der Waals surface area contributed by atoms with E-state index < -0.39 is 0 Å². The van der Waals surface area contributed by atoms with E-state index in [1.807, 2.05) is 6.92 Å². The molecule has 0 N–H and O–H groups in total. The molecule has 1 unspecified atom stereocenters. The first kappa shape index (κ1) is 11.7. The summed E-state index contributed by atoms with van der Waals surface area (Å²) in [6.45, 7) is 4.11. The van der Waals surface area contributed by atoms with Gasteiger partial charge in [0, 0.05) is 9.49 Å². The van der Waals surface area contributed by atoms with E-state index in [4.69, 9.17) is 0 Å². The molecule has 1 aromatic carbocycles. The molecule has 0 aliphatic rings. The fraction of sp³-hybridized carbons (Fsp3) is 0.417. The number of carbonyl (C=O) groups is 1. The van der Waals surface area contributed by atoms with Gasteiger partial charge in [0.05, 0.1) is 0 Å². The van der Waals surface area contributed by atoms with Crippen LogP contribution in [0.2, 0.25) is 0 Å². The highest BCUT2D eigenvalue weighted by Crippen LogP contribution is 2.17. The fourth-order valence-corrected chi connectivity index (χ4v) is 2.39. The van der Waals surface area contributed by atoms with Gasteiger partial charge in [-0.3, -0.25) is 0 Å². The highest BCUT2D eigenvalue weighted by atomic mass is 127. The van der Waals surface area contributed by atoms with Crippen LogP contribution in [-0.2, 0) is 17.6 Å². The monoisotopic (exact) mass is 302 g/mol. The van der Waals surface area contributed by atoms with Gasteiger partial charge in [-0.15, -0.1) is 0 Å². The van der Waals surface area contributed by atoms with Crippen molar-refractivity contribution >= 4 is 28.9 Å². The van der Waals surface area contributed by atoms with Gasteiger partial charge in [-0.05, 0) is 52.6 Å². The van der Waals surface area contributed by atoms with E-state index in [2.05, 4.69) is 47.7 Å². The summed E-state index contributed by atoms with van der Waals surface area (Å²) < 4.78 is 1.31. The molecule has 0 aromatic heterocycles. The number of hydrogen-bond donors (Lipinski definition) is 0. The van der Waals surface area contributed by atoms with E-state index in [0.29, 0.717) is 0 Å². The number of carbonyl (C=O) groups excluding carboxylic acids is 1. The van der Waals surface area contributed by atoms with Crippen molar-refractivity contribution in [2.45, 2.75) is 26.7 Å². The van der Waals surface area contributed by atoms with Crippen LogP contribution in [0.25, 0.3) is 0 Å². The van der Waals surface area contributed by atoms with Crippen molar-refractivity contribution in [3.05, 3.63) is 32.9 Å². The number of halogens is 1. The third kappa shape index (κ3) is 3.08. The van der Waals surface area contributed by atoms with E-state index in [0.717, 1.165) is 19.1 Å². The summed E-state index contributed by atoms with van der Waals surface area (Å²) in [5.74, 6) is 0.123. The Kier molecular flexibility index (Phi) is 4.58. The Balaban J connectivity index is 2.80. The van der Waals surface area contributed by atoms with Gasteiger partial charge >= 0.3 is 0 Å². The van der Waals surface area contributed by atoms with Crippen molar-refractivity contribution < 1.29 is 4.79 Å². The zero-order chi connectivity index (χ0) is 10.6. The molecule has 1 nitrogen and oxygen atoms in total. The molecule has 2 heteroatoms. The van der Waals surface area contributed by atoms with Gasteiger partial charge in [0.25, 0.3) is 0 Å². The molecule has 0 saturated heterocycles. The van der Waals surface area contributed by atoms with E-state index in [1.54, 1.807) is 0 Å². The Labute approximate surface area is 99.0 Å². The van der Waals surface area contributed by atoms with E-state index in [1.165, 1.54) is 14.7 Å². The van der Waals surface area contributed by atoms with E-state index >= 15 is 0 Å². The van der Waals surface area contributed by atoms with Crippen molar-refractivity contribution in [2.75, 3.05) is 0 Å². The lowest BCUT2D eigenvalue weighted by Gasteiger charge is -2.07. The van der Waals surface area contributed by atoms with Crippen LogP contribution in [0.15, 0.2) is 18.2 Å². The Morgan fingerprint density at radius 2 is 2.21 bits per heavy atom. The lowest BCUT2D eigenvalue weighted by atomic mass is 10.0. The largest absolute Gasteiger partial charge is 0.303 e. The fourth-order valence-electron chi connectivity index (χ4n) is 1.42. The van der Waals surface area contributed by atoms with Crippen molar-refractivity contribution in [3.63, 3.8) is 0 Å². The highest BCUT2D eigenvalue weighted by Gasteiger charge is 2.04. The highest BCUT2D eigenvalue weighted by molar-refractivity contribution is 14.1. The maximum Gasteiger partial charge on any atom is 0.123 e. The topological polar surface area (TPSA) is 17.1 Å². The molecule has 14 heavy (non-hydrogen) atoms. The Morgan fingerprint density at radius 1 is 1.50 bits per heavy atom. The first-order valence-electron chi connectivity index (χ1n) is 4.90. The average Bonchev–Trinajstić information content (AvgIpc) is 2.18. The molecule has 0 aliphatic carbocycles. The lowest BCUT2D eigenvalue weighted by molar-refractivity contribution is -0.110. The Morgan fingerprint density at radius 3 is 2.71 bits per heavy atom. The van der Waals surface area contributed by atoms with Gasteiger partial charge in [-0.25, -0.2) is 0 Å². The molecule has 0 amide bonds. The summed E-state index contributed by atoms with van der Waals surface area (Å²) in [6, 6.07) is 6.47. The minimum absolute atomic E-state index is 0.123. The van der Waals surface area contributed by atoms with Gasteiger partial charge in [0.2, 0.25) is 0 Å². The molecule has 0 aliphatic heterocycles. The first-order chi connectivity index (χ1) is 6.67. The molecule has 0 fully saturated rings. The number of aryl methyl sites for hydroxylation is 1. The van der Waals surface area contributed by atoms with Crippen LogP contribution in [0.3, 0.4) is 0 Å². The second-order valence-corrected chi connectivity index (χ2v) is 4.76. The van der Waals surface area contributed by atoms with Gasteiger partial charge in [-0.2, -0.15) is 0 Å². The Hall–Kier alpha value is -0.380. The minimum atomic E-state index is 0.123. The number of hydrogen-bond acceptors (Lipinski definition) is 1. The summed E-state index contributed by atoms with van der Waals surface area (Å²) in [7, 11) is 0. The zero-order valence-electron chi connectivity index (χ0n) is 8.59. The van der Waals surface area contributed by atoms with Gasteiger partial charge < -0.3 is 4.79 Å². The van der Waals surface area contributed by atoms with E-state index in [-0.39, 0.29) is 5.92 Å². The summed E-state index contributed by atoms with van der Waals surface area (Å²) >= 11 is 2.36. The smallest absolute Gasteiger partial charge is 0.123 e. The maximum absolute atomic E-state index is 10.5. The molecule has 1 aromatic rings. The quantitative estimate of drug-likeness (QED) is 0.616. The molecule has 76 valence electrons. The van der Waals surface area contributed by atoms with Crippen molar-refractivity contribution in [1.29, 1.82) is 0 Å². The molecule has 0 heterocycles. The lowest BCUT2D eigenvalue weighted by Crippen LogP contribution is -2.01. The molecule has 1 rings (SSSR count). The molecule has 0 radical (unpaired) electrons. The first-order valence-corrected chi connectivity index (χ1v) is 5.97. The van der Waals surface area contributed by atoms with Crippen molar-refractivity contribution in [1.82, 2.24) is 0 Å². The van der Waals surface area contributed by atoms with E-state index in [9.17, 15) is 4.79 Å². The standard InChI is InChI=1S/C12H15IO/c1-3-11-5-4-10(7-12(11)13)6-9(2)8-14/h4-5,7-9H,3,6H2,1-2H3. The van der Waals surface area contributed by atoms with Crippen LogP contribution in [-0.4, -0.2) is 6.29 Å². The predicted molar refractivity (Wildman–Crippen MR) is 67.5 cm³/mol. The maximum atomic E-state index is 10.5. The second-order valence-electron chi connectivity index (χ2n) is 3.60. The van der Waals surface area contributed by atoms with Gasteiger partial charge in [-0.1, -0.05) is 26.0 Å². The third-order valence-corrected chi connectivity index (χ3v) is 3.29. The van der Waals surface area contributed by atoms with Crippen LogP contribution >= 0.6 is 22.6 Å². The van der Waals surface area contributed by atoms with Gasteiger partial charge in [0.15, 0.2) is 0 Å². The van der Waals surface area contributed by atoms with Gasteiger partial charge in [0.1, 0.15) is 6.29 Å². The normalized spacial score (nSPS) is 12.5. The molecular formula is C12H15IO. The minimum Gasteiger partial charge on any atom is -0.303 e. The third-order valence-electron chi connectivity index (χ3n) is 2.29. The van der Waals surface area contributed by atoms with Crippen molar-refractivity contribution in [3.8, 4) is 0 Å². The average molecular weight is 302 g/mol. The van der Waals surface area contributed by atoms with Crippen LogP contribution < -0.4 is 0 Å². The molecule has 0 saturated carbocycles. The second kappa shape index (κ2) is 5.49. The number of benzene rings is 1. The SMILES string of the molecule is CCc1ccc(CC(C)C=O)cc1I. The molecule has 0 bridgehead atoms. The number of rotatable bonds is 4. The molecular weight excluding hydrogens is 287 g/mol. The zero-order valence-corrected chi connectivity index (χ0v) is 10.7. The van der Waals surface area contributed by atoms with Crippen LogP contribution in [0, 0.1) is 9.49 Å². The Bertz CT molecular complexity index is 320. The summed E-state index contributed by atoms with van der Waals surface area (Å²) in [6.07, 6.45) is 2.94. The molecule has 1 atom stereocenters. The summed E-state index contributed by atoms with van der Waals surface area (Å²) in [5, 5.41) is 0. The predicted octanol–water partition coefficient (Wildman–Crippen LogP) is 3.23. The number of aldehydes is 1. The van der Waals surface area contributed by atoms with Crippen LogP contribution in [0.4, 0.5) is 0 Å². The van der Waals surface area contributed by atoms with Crippen LogP contribution in [0.1, 0.15) is 25.0 Å². The molecule has 0 spiro atoms. The summed E-state index contributed by atoms with van der Waals surface area (Å²) in [5.41, 5.74) is 2.64. The summed E-state index contributed by atoms with van der Waals surface area (Å²) in [4.78, 5) is 10.5. The van der Waals surface area contributed by atoms with Crippen molar-refractivity contribution in [2.24, 2.45) is 5.92 Å². The van der Waals surface area contributed by atoms with Crippen LogP contribution in [0.5, 0.6) is 0 Å².